The first-order valence-electron chi connectivity index (χ1n) is 13.7. The van der Waals surface area contributed by atoms with E-state index in [0.29, 0.717) is 41.2 Å². The number of carbonyl (C=O) groups is 2. The van der Waals surface area contributed by atoms with E-state index in [1.165, 1.54) is 0 Å². The van der Waals surface area contributed by atoms with Gasteiger partial charge in [0.2, 0.25) is 0 Å². The molecular weight excluding hydrogens is 506 g/mol. The molecule has 3 aliphatic rings. The van der Waals surface area contributed by atoms with Crippen molar-refractivity contribution in [2.24, 2.45) is 5.92 Å². The topological polar surface area (TPSA) is 93.8 Å². The van der Waals surface area contributed by atoms with Gasteiger partial charge in [0.15, 0.2) is 5.58 Å². The van der Waals surface area contributed by atoms with Crippen molar-refractivity contribution in [3.63, 3.8) is 0 Å². The van der Waals surface area contributed by atoms with E-state index in [9.17, 15) is 14.4 Å². The lowest BCUT2D eigenvalue weighted by molar-refractivity contribution is -0.0289. The van der Waals surface area contributed by atoms with Gasteiger partial charge in [0, 0.05) is 24.2 Å². The summed E-state index contributed by atoms with van der Waals surface area (Å²) >= 11 is 0. The van der Waals surface area contributed by atoms with Gasteiger partial charge in [-0.25, -0.2) is 9.59 Å². The number of piperidine rings is 3. The van der Waals surface area contributed by atoms with Crippen LogP contribution in [0, 0.1) is 5.92 Å². The summed E-state index contributed by atoms with van der Waals surface area (Å²) in [6.45, 7) is 3.41. The van der Waals surface area contributed by atoms with Gasteiger partial charge in [0.05, 0.1) is 11.2 Å². The second kappa shape index (κ2) is 11.4. The molecule has 8 heteroatoms. The lowest BCUT2D eigenvalue weighted by Crippen LogP contribution is -2.52. The minimum Gasteiger partial charge on any atom is -0.444 e. The monoisotopic (exact) mass is 537 g/mol. The first kappa shape index (κ1) is 25.8. The second-order valence-corrected chi connectivity index (χ2v) is 10.4. The number of benzene rings is 3. The lowest BCUT2D eigenvalue weighted by Gasteiger charge is -2.43. The standard InChI is InChI=1S/C32H31N3O5/c36-21-23-10-12-28-29(19-23)40-32(38)35(28)15-5-4-6-22-9-11-26(24-7-2-1-3-8-24)27(18-22)33-31(37)39-30-20-34-16-13-25(30)14-17-34/h1-4,6-12,18-19,21,25,30H,5,13-17,20H2,(H,33,37)/b6-4+/t30-/m0/s1. The number of oxazole rings is 1. The Morgan fingerprint density at radius 1 is 1.02 bits per heavy atom. The molecule has 1 N–H and O–H groups in total. The average Bonchev–Trinajstić information content (AvgIpc) is 3.30. The Morgan fingerprint density at radius 2 is 1.82 bits per heavy atom. The number of aryl methyl sites for hydroxylation is 1. The molecule has 4 aromatic rings. The van der Waals surface area contributed by atoms with Gasteiger partial charge in [-0.2, -0.15) is 0 Å². The molecule has 0 aliphatic carbocycles. The van der Waals surface area contributed by atoms with Crippen LogP contribution >= 0.6 is 0 Å². The van der Waals surface area contributed by atoms with Crippen molar-refractivity contribution in [2.75, 3.05) is 25.0 Å². The smallest absolute Gasteiger partial charge is 0.419 e. The predicted molar refractivity (Wildman–Crippen MR) is 154 cm³/mol. The molecule has 0 unspecified atom stereocenters. The van der Waals surface area contributed by atoms with Crippen LogP contribution in [0.1, 0.15) is 35.2 Å². The van der Waals surface area contributed by atoms with Gasteiger partial charge < -0.3 is 9.15 Å². The van der Waals surface area contributed by atoms with Gasteiger partial charge in [-0.15, -0.1) is 0 Å². The maximum atomic E-state index is 13.0. The van der Waals surface area contributed by atoms with E-state index in [1.54, 1.807) is 22.8 Å². The fraction of sp³-hybridized carbons (Fsp3) is 0.281. The van der Waals surface area contributed by atoms with Crippen molar-refractivity contribution < 1.29 is 18.7 Å². The van der Waals surface area contributed by atoms with E-state index >= 15 is 0 Å². The number of hydrogen-bond donors (Lipinski definition) is 1. The minimum atomic E-state index is -0.452. The van der Waals surface area contributed by atoms with Crippen molar-refractivity contribution in [2.45, 2.75) is 31.9 Å². The van der Waals surface area contributed by atoms with Gasteiger partial charge in [-0.3, -0.25) is 19.6 Å². The van der Waals surface area contributed by atoms with Gasteiger partial charge in [-0.1, -0.05) is 54.6 Å². The SMILES string of the molecule is O=Cc1ccc2c(c1)oc(=O)n2CC/C=C/c1ccc(-c2ccccc2)c(NC(=O)O[C@H]2CN3CCC2CC3)c1. The molecule has 8 nitrogen and oxygen atoms in total. The summed E-state index contributed by atoms with van der Waals surface area (Å²) < 4.78 is 12.8. The number of rotatable bonds is 8. The average molecular weight is 538 g/mol. The van der Waals surface area contributed by atoms with Crippen molar-refractivity contribution in [3.05, 3.63) is 94.5 Å². The molecule has 0 spiro atoms. The summed E-state index contributed by atoms with van der Waals surface area (Å²) in [5, 5.41) is 3.01. The van der Waals surface area contributed by atoms with Gasteiger partial charge >= 0.3 is 11.8 Å². The Morgan fingerprint density at radius 3 is 2.58 bits per heavy atom. The van der Waals surface area contributed by atoms with E-state index in [0.717, 1.165) is 55.5 Å². The second-order valence-electron chi connectivity index (χ2n) is 10.4. The number of carbonyl (C=O) groups excluding carboxylic acids is 2. The molecule has 7 rings (SSSR count). The Balaban J connectivity index is 1.17. The quantitative estimate of drug-likeness (QED) is 0.285. The van der Waals surface area contributed by atoms with E-state index in [4.69, 9.17) is 9.15 Å². The van der Waals surface area contributed by atoms with Crippen LogP contribution in [0.25, 0.3) is 28.3 Å². The summed E-state index contributed by atoms with van der Waals surface area (Å²) in [6, 6.07) is 20.8. The summed E-state index contributed by atoms with van der Waals surface area (Å²) in [6.07, 6.45) is 6.92. The highest BCUT2D eigenvalue weighted by atomic mass is 16.6. The number of ether oxygens (including phenoxy) is 1. The third-order valence-corrected chi connectivity index (χ3v) is 7.88. The van der Waals surface area contributed by atoms with E-state index in [1.807, 2.05) is 60.7 Å². The first-order chi connectivity index (χ1) is 19.6. The number of amides is 1. The Bertz CT molecular complexity index is 1610. The lowest BCUT2D eigenvalue weighted by atomic mass is 9.86. The molecule has 3 aliphatic heterocycles. The fourth-order valence-corrected chi connectivity index (χ4v) is 5.75. The van der Waals surface area contributed by atoms with Crippen LogP contribution in [0.5, 0.6) is 0 Å². The van der Waals surface area contributed by atoms with Crippen LogP contribution in [0.4, 0.5) is 10.5 Å². The molecule has 3 aromatic carbocycles. The summed E-state index contributed by atoms with van der Waals surface area (Å²) in [5.74, 6) is -0.0165. The third-order valence-electron chi connectivity index (χ3n) is 7.88. The number of nitrogens with zero attached hydrogens (tertiary/aromatic N) is 2. The number of hydrogen-bond acceptors (Lipinski definition) is 6. The van der Waals surface area contributed by atoms with Crippen LogP contribution in [0.3, 0.4) is 0 Å². The highest BCUT2D eigenvalue weighted by Crippen LogP contribution is 2.32. The first-order valence-corrected chi connectivity index (χ1v) is 13.7. The molecule has 1 atom stereocenters. The number of nitrogens with one attached hydrogen (secondary N) is 1. The molecule has 1 aromatic heterocycles. The Labute approximate surface area is 231 Å². The third kappa shape index (κ3) is 5.49. The van der Waals surface area contributed by atoms with Crippen LogP contribution in [0.15, 0.2) is 82.0 Å². The molecule has 1 amide bonds. The zero-order valence-electron chi connectivity index (χ0n) is 22.1. The van der Waals surface area contributed by atoms with Crippen LogP contribution < -0.4 is 11.1 Å². The number of anilines is 1. The maximum absolute atomic E-state index is 13.0. The van der Waals surface area contributed by atoms with Crippen molar-refractivity contribution in [1.29, 1.82) is 0 Å². The van der Waals surface area contributed by atoms with Crippen LogP contribution in [0.2, 0.25) is 0 Å². The summed E-state index contributed by atoms with van der Waals surface area (Å²) in [7, 11) is 0. The number of aldehydes is 1. The zero-order valence-corrected chi connectivity index (χ0v) is 22.1. The predicted octanol–water partition coefficient (Wildman–Crippen LogP) is 5.82. The number of fused-ring (bicyclic) bond motifs is 4. The molecule has 3 fully saturated rings. The molecule has 3 saturated heterocycles. The molecule has 0 saturated carbocycles. The normalized spacial score (nSPS) is 20.1. The van der Waals surface area contributed by atoms with Crippen molar-refractivity contribution in [3.8, 4) is 11.1 Å². The summed E-state index contributed by atoms with van der Waals surface area (Å²) in [5.41, 5.74) is 5.03. The highest BCUT2D eigenvalue weighted by Gasteiger charge is 2.36. The highest BCUT2D eigenvalue weighted by molar-refractivity contribution is 5.92. The van der Waals surface area contributed by atoms with Gasteiger partial charge in [-0.05, 0) is 73.7 Å². The number of allylic oxidation sites excluding steroid dienone is 1. The molecular formula is C32H31N3O5. The van der Waals surface area contributed by atoms with Crippen molar-refractivity contribution >= 4 is 35.2 Å². The number of aromatic nitrogens is 1. The Kier molecular flexibility index (Phi) is 7.33. The van der Waals surface area contributed by atoms with Gasteiger partial charge in [0.1, 0.15) is 12.4 Å². The Hall–Kier alpha value is -4.43. The maximum Gasteiger partial charge on any atom is 0.419 e. The fourth-order valence-electron chi connectivity index (χ4n) is 5.75. The minimum absolute atomic E-state index is 0.0711. The molecule has 2 bridgehead atoms. The van der Waals surface area contributed by atoms with Crippen molar-refractivity contribution in [1.82, 2.24) is 9.47 Å². The van der Waals surface area contributed by atoms with E-state index in [-0.39, 0.29) is 6.10 Å². The zero-order chi connectivity index (χ0) is 27.5. The van der Waals surface area contributed by atoms with Crippen LogP contribution in [-0.4, -0.2) is 47.6 Å². The van der Waals surface area contributed by atoms with Gasteiger partial charge in [0.25, 0.3) is 0 Å². The molecule has 0 radical (unpaired) electrons. The van der Waals surface area contributed by atoms with E-state index < -0.39 is 11.8 Å². The molecule has 204 valence electrons. The largest absolute Gasteiger partial charge is 0.444 e. The molecule has 4 heterocycles. The summed E-state index contributed by atoms with van der Waals surface area (Å²) in [4.78, 5) is 38.7. The van der Waals surface area contributed by atoms with E-state index in [2.05, 4.69) is 10.2 Å². The molecule has 40 heavy (non-hydrogen) atoms. The van der Waals surface area contributed by atoms with Crippen LogP contribution in [-0.2, 0) is 11.3 Å².